The van der Waals surface area contributed by atoms with Crippen LogP contribution in [0.25, 0.3) is 0 Å². The van der Waals surface area contributed by atoms with Crippen molar-refractivity contribution < 1.29 is 0 Å². The Balaban J connectivity index is 1.80. The number of likely N-dealkylation sites (tertiary alicyclic amines) is 1. The topological polar surface area (TPSA) is 41.0 Å². The van der Waals surface area contributed by atoms with Crippen LogP contribution in [0.5, 0.6) is 0 Å². The summed E-state index contributed by atoms with van der Waals surface area (Å²) in [4.78, 5) is 10.2. The standard InChI is InChI=1S/C9H13ClN4/c1-14-4-7(5-14)3-11-9-2-8(10)12-6-13-9/h2,6-7H,3-5H2,1H3,(H,11,12,13). The van der Waals surface area contributed by atoms with Gasteiger partial charge in [0.25, 0.3) is 0 Å². The molecule has 2 heterocycles. The molecule has 5 heteroatoms. The second kappa shape index (κ2) is 4.11. The minimum Gasteiger partial charge on any atom is -0.370 e. The van der Waals surface area contributed by atoms with Crippen molar-refractivity contribution in [2.45, 2.75) is 0 Å². The summed E-state index contributed by atoms with van der Waals surface area (Å²) in [6.07, 6.45) is 1.47. The predicted octanol–water partition coefficient (Wildman–Crippen LogP) is 1.10. The maximum absolute atomic E-state index is 5.73. The van der Waals surface area contributed by atoms with Crippen molar-refractivity contribution in [1.82, 2.24) is 14.9 Å². The second-order valence-corrected chi connectivity index (χ2v) is 4.08. The van der Waals surface area contributed by atoms with Gasteiger partial charge in [0.2, 0.25) is 0 Å². The Morgan fingerprint density at radius 3 is 3.00 bits per heavy atom. The van der Waals surface area contributed by atoms with Crippen LogP contribution in [0.15, 0.2) is 12.4 Å². The fourth-order valence-corrected chi connectivity index (χ4v) is 1.78. The van der Waals surface area contributed by atoms with Crippen molar-refractivity contribution in [3.8, 4) is 0 Å². The number of rotatable bonds is 3. The number of nitrogens with zero attached hydrogens (tertiary/aromatic N) is 3. The van der Waals surface area contributed by atoms with Gasteiger partial charge in [0.05, 0.1) is 0 Å². The van der Waals surface area contributed by atoms with Crippen molar-refractivity contribution in [2.75, 3.05) is 32.0 Å². The van der Waals surface area contributed by atoms with Gasteiger partial charge in [0, 0.05) is 31.6 Å². The molecule has 1 fully saturated rings. The molecule has 14 heavy (non-hydrogen) atoms. The Hall–Kier alpha value is -0.870. The number of hydrogen-bond donors (Lipinski definition) is 1. The van der Waals surface area contributed by atoms with E-state index in [1.807, 2.05) is 0 Å². The zero-order valence-electron chi connectivity index (χ0n) is 8.07. The molecule has 1 aliphatic rings. The van der Waals surface area contributed by atoms with Crippen molar-refractivity contribution in [3.63, 3.8) is 0 Å². The predicted molar refractivity (Wildman–Crippen MR) is 56.5 cm³/mol. The maximum Gasteiger partial charge on any atom is 0.134 e. The molecule has 76 valence electrons. The molecule has 1 aliphatic heterocycles. The van der Waals surface area contributed by atoms with Crippen LogP contribution in [0.2, 0.25) is 5.15 Å². The molecule has 0 radical (unpaired) electrons. The first kappa shape index (κ1) is 9.68. The summed E-state index contributed by atoms with van der Waals surface area (Å²) in [5, 5.41) is 3.73. The lowest BCUT2D eigenvalue weighted by Crippen LogP contribution is -2.46. The summed E-state index contributed by atoms with van der Waals surface area (Å²) in [6, 6.07) is 1.74. The Kier molecular flexibility index (Phi) is 2.84. The molecule has 1 saturated heterocycles. The molecule has 1 aromatic rings. The molecule has 4 nitrogen and oxygen atoms in total. The fraction of sp³-hybridized carbons (Fsp3) is 0.556. The highest BCUT2D eigenvalue weighted by Crippen LogP contribution is 2.14. The van der Waals surface area contributed by atoms with Gasteiger partial charge >= 0.3 is 0 Å². The molecule has 0 aromatic carbocycles. The summed E-state index contributed by atoms with van der Waals surface area (Å²) in [6.45, 7) is 3.27. The van der Waals surface area contributed by atoms with Crippen LogP contribution < -0.4 is 5.32 Å². The first-order chi connectivity index (χ1) is 6.74. The number of halogens is 1. The smallest absolute Gasteiger partial charge is 0.134 e. The van der Waals surface area contributed by atoms with E-state index in [2.05, 4.69) is 27.2 Å². The zero-order valence-corrected chi connectivity index (χ0v) is 8.83. The summed E-state index contributed by atoms with van der Waals surface area (Å²) < 4.78 is 0. The van der Waals surface area contributed by atoms with Crippen LogP contribution in [0, 0.1) is 5.92 Å². The van der Waals surface area contributed by atoms with Crippen LogP contribution in [0.1, 0.15) is 0 Å². The van der Waals surface area contributed by atoms with Gasteiger partial charge in [-0.1, -0.05) is 11.6 Å². The van der Waals surface area contributed by atoms with E-state index in [0.29, 0.717) is 5.15 Å². The third kappa shape index (κ3) is 2.33. The van der Waals surface area contributed by atoms with E-state index in [9.17, 15) is 0 Å². The molecule has 0 spiro atoms. The first-order valence-corrected chi connectivity index (χ1v) is 5.02. The number of aromatic nitrogens is 2. The largest absolute Gasteiger partial charge is 0.370 e. The SMILES string of the molecule is CN1CC(CNc2cc(Cl)ncn2)C1. The van der Waals surface area contributed by atoms with E-state index in [4.69, 9.17) is 11.6 Å². The number of hydrogen-bond acceptors (Lipinski definition) is 4. The van der Waals surface area contributed by atoms with Gasteiger partial charge in [-0.15, -0.1) is 0 Å². The summed E-state index contributed by atoms with van der Waals surface area (Å²) in [5.41, 5.74) is 0. The third-order valence-corrected chi connectivity index (χ3v) is 2.55. The lowest BCUT2D eigenvalue weighted by atomic mass is 10.0. The minimum atomic E-state index is 0.480. The Morgan fingerprint density at radius 1 is 1.57 bits per heavy atom. The normalized spacial score (nSPS) is 17.9. The van der Waals surface area contributed by atoms with E-state index in [-0.39, 0.29) is 0 Å². The highest BCUT2D eigenvalue weighted by atomic mass is 35.5. The molecule has 0 amide bonds. The third-order valence-electron chi connectivity index (χ3n) is 2.35. The van der Waals surface area contributed by atoms with E-state index in [1.165, 1.54) is 6.33 Å². The first-order valence-electron chi connectivity index (χ1n) is 4.64. The highest BCUT2D eigenvalue weighted by Gasteiger charge is 2.22. The highest BCUT2D eigenvalue weighted by molar-refractivity contribution is 6.29. The molecule has 0 aliphatic carbocycles. The second-order valence-electron chi connectivity index (χ2n) is 3.69. The van der Waals surface area contributed by atoms with Crippen LogP contribution in [-0.4, -0.2) is 41.5 Å². The Labute approximate surface area is 88.3 Å². The van der Waals surface area contributed by atoms with Crippen LogP contribution >= 0.6 is 11.6 Å². The molecule has 2 rings (SSSR count). The number of anilines is 1. The van der Waals surface area contributed by atoms with Gasteiger partial charge in [-0.05, 0) is 7.05 Å². The van der Waals surface area contributed by atoms with E-state index in [0.717, 1.165) is 31.4 Å². The van der Waals surface area contributed by atoms with Gasteiger partial charge in [0.1, 0.15) is 17.3 Å². The molecule has 0 bridgehead atoms. The van der Waals surface area contributed by atoms with Crippen molar-refractivity contribution in [2.24, 2.45) is 5.92 Å². The average molecular weight is 213 g/mol. The van der Waals surface area contributed by atoms with Gasteiger partial charge in [-0.2, -0.15) is 0 Å². The van der Waals surface area contributed by atoms with Gasteiger partial charge < -0.3 is 10.2 Å². The van der Waals surface area contributed by atoms with Crippen molar-refractivity contribution in [1.29, 1.82) is 0 Å². The molecular formula is C9H13ClN4. The van der Waals surface area contributed by atoms with Gasteiger partial charge in [-0.25, -0.2) is 9.97 Å². The van der Waals surface area contributed by atoms with E-state index < -0.39 is 0 Å². The lowest BCUT2D eigenvalue weighted by Gasteiger charge is -2.36. The Morgan fingerprint density at radius 2 is 2.36 bits per heavy atom. The van der Waals surface area contributed by atoms with Crippen LogP contribution in [-0.2, 0) is 0 Å². The summed E-state index contributed by atoms with van der Waals surface area (Å²) in [7, 11) is 2.12. The molecule has 0 saturated carbocycles. The van der Waals surface area contributed by atoms with Crippen LogP contribution in [0.3, 0.4) is 0 Å². The van der Waals surface area contributed by atoms with Gasteiger partial charge in [0.15, 0.2) is 0 Å². The maximum atomic E-state index is 5.73. The molecule has 1 N–H and O–H groups in total. The van der Waals surface area contributed by atoms with E-state index in [1.54, 1.807) is 6.07 Å². The lowest BCUT2D eigenvalue weighted by molar-refractivity contribution is 0.144. The summed E-state index contributed by atoms with van der Waals surface area (Å²) >= 11 is 5.73. The quantitative estimate of drug-likeness (QED) is 0.762. The van der Waals surface area contributed by atoms with Gasteiger partial charge in [-0.3, -0.25) is 0 Å². The number of nitrogens with one attached hydrogen (secondary N) is 1. The summed E-state index contributed by atoms with van der Waals surface area (Å²) in [5.74, 6) is 1.54. The minimum absolute atomic E-state index is 0.480. The zero-order chi connectivity index (χ0) is 9.97. The molecule has 0 unspecified atom stereocenters. The van der Waals surface area contributed by atoms with Crippen molar-refractivity contribution in [3.05, 3.63) is 17.5 Å². The fourth-order valence-electron chi connectivity index (χ4n) is 1.64. The molecule has 0 atom stereocenters. The average Bonchev–Trinajstić information content (AvgIpc) is 2.11. The Bertz CT molecular complexity index is 311. The van der Waals surface area contributed by atoms with Crippen molar-refractivity contribution >= 4 is 17.4 Å². The van der Waals surface area contributed by atoms with Crippen LogP contribution in [0.4, 0.5) is 5.82 Å². The van der Waals surface area contributed by atoms with E-state index >= 15 is 0 Å². The molecular weight excluding hydrogens is 200 g/mol. The monoisotopic (exact) mass is 212 g/mol. The molecule has 1 aromatic heterocycles.